The van der Waals surface area contributed by atoms with Crippen LogP contribution in [0.15, 0.2) is 59.8 Å². The molecule has 0 radical (unpaired) electrons. The number of nitrogens with zero attached hydrogens (tertiary/aromatic N) is 5. The largest absolute Gasteiger partial charge is 0.311 e. The van der Waals surface area contributed by atoms with Gasteiger partial charge in [-0.3, -0.25) is 4.79 Å². The number of benzene rings is 2. The fourth-order valence-corrected chi connectivity index (χ4v) is 3.66. The van der Waals surface area contributed by atoms with Crippen LogP contribution in [0.4, 0.5) is 5.69 Å². The van der Waals surface area contributed by atoms with Crippen LogP contribution in [0.25, 0.3) is 11.4 Å². The Morgan fingerprint density at radius 1 is 1.21 bits per heavy atom. The molecule has 142 valence electrons. The maximum Gasteiger partial charge on any atom is 0.237 e. The van der Waals surface area contributed by atoms with E-state index in [-0.39, 0.29) is 18.1 Å². The van der Waals surface area contributed by atoms with Gasteiger partial charge in [0.05, 0.1) is 18.2 Å². The summed E-state index contributed by atoms with van der Waals surface area (Å²) in [5.74, 6) is 0.803. The lowest BCUT2D eigenvalue weighted by Gasteiger charge is -2.21. The van der Waals surface area contributed by atoms with Gasteiger partial charge in [-0.15, -0.1) is 10.2 Å². The molecule has 1 amide bonds. The van der Waals surface area contributed by atoms with E-state index in [4.69, 9.17) is 16.9 Å². The molecule has 0 aliphatic rings. The number of amides is 1. The third kappa shape index (κ3) is 4.71. The Morgan fingerprint density at radius 2 is 2.00 bits per heavy atom. The van der Waals surface area contributed by atoms with E-state index >= 15 is 0 Å². The minimum absolute atomic E-state index is 0.119. The molecule has 0 atom stereocenters. The third-order valence-electron chi connectivity index (χ3n) is 4.06. The van der Waals surface area contributed by atoms with Crippen molar-refractivity contribution < 1.29 is 4.79 Å². The van der Waals surface area contributed by atoms with E-state index < -0.39 is 0 Å². The van der Waals surface area contributed by atoms with E-state index in [9.17, 15) is 4.79 Å². The zero-order valence-corrected chi connectivity index (χ0v) is 16.8. The zero-order chi connectivity index (χ0) is 19.9. The molecule has 0 unspecified atom stereocenters. The summed E-state index contributed by atoms with van der Waals surface area (Å²) in [6, 6.07) is 18.9. The molecule has 6 nitrogen and oxygen atoms in total. The van der Waals surface area contributed by atoms with Gasteiger partial charge in [-0.05, 0) is 18.2 Å². The van der Waals surface area contributed by atoms with Gasteiger partial charge in [0.25, 0.3) is 0 Å². The number of aromatic nitrogens is 3. The van der Waals surface area contributed by atoms with Gasteiger partial charge < -0.3 is 9.47 Å². The predicted molar refractivity (Wildman–Crippen MR) is 111 cm³/mol. The Morgan fingerprint density at radius 3 is 2.71 bits per heavy atom. The standard InChI is InChI=1S/C20H18ClN5OS/c1-25-19(15-7-3-2-4-8-15)23-24-20(25)28-14-18(27)26(12-6-11-22)17-10-5-9-16(21)13-17/h2-5,7-10,13H,6,12,14H2,1H3. The van der Waals surface area contributed by atoms with E-state index in [1.807, 2.05) is 48.0 Å². The van der Waals surface area contributed by atoms with Crippen LogP contribution < -0.4 is 4.90 Å². The van der Waals surface area contributed by atoms with Crippen LogP contribution in [0.1, 0.15) is 6.42 Å². The van der Waals surface area contributed by atoms with Gasteiger partial charge in [-0.25, -0.2) is 0 Å². The van der Waals surface area contributed by atoms with E-state index in [1.54, 1.807) is 23.1 Å². The molecule has 0 spiro atoms. The summed E-state index contributed by atoms with van der Waals surface area (Å²) in [4.78, 5) is 14.4. The summed E-state index contributed by atoms with van der Waals surface area (Å²) in [5, 5.41) is 18.5. The smallest absolute Gasteiger partial charge is 0.237 e. The summed E-state index contributed by atoms with van der Waals surface area (Å²) >= 11 is 7.37. The first-order valence-electron chi connectivity index (χ1n) is 8.60. The quantitative estimate of drug-likeness (QED) is 0.545. The van der Waals surface area contributed by atoms with Gasteiger partial charge in [0.2, 0.25) is 5.91 Å². The van der Waals surface area contributed by atoms with Crippen molar-refractivity contribution in [1.29, 1.82) is 5.26 Å². The summed E-state index contributed by atoms with van der Waals surface area (Å²) in [6.45, 7) is 0.310. The zero-order valence-electron chi connectivity index (χ0n) is 15.2. The predicted octanol–water partition coefficient (Wildman–Crippen LogP) is 4.17. The third-order valence-corrected chi connectivity index (χ3v) is 5.30. The normalized spacial score (nSPS) is 10.5. The molecular formula is C20H18ClN5OS. The van der Waals surface area contributed by atoms with Crippen LogP contribution in [0.2, 0.25) is 5.02 Å². The van der Waals surface area contributed by atoms with Gasteiger partial charge in [-0.1, -0.05) is 59.8 Å². The molecule has 1 heterocycles. The minimum atomic E-state index is -0.119. The van der Waals surface area contributed by atoms with Crippen molar-refractivity contribution in [3.05, 3.63) is 59.6 Å². The van der Waals surface area contributed by atoms with Gasteiger partial charge in [0.1, 0.15) is 0 Å². The van der Waals surface area contributed by atoms with Crippen molar-refractivity contribution in [1.82, 2.24) is 14.8 Å². The molecule has 28 heavy (non-hydrogen) atoms. The summed E-state index contributed by atoms with van der Waals surface area (Å²) < 4.78 is 1.87. The molecule has 1 aromatic heterocycles. The monoisotopic (exact) mass is 411 g/mol. The Hall–Kier alpha value is -2.82. The average molecular weight is 412 g/mol. The number of anilines is 1. The summed E-state index contributed by atoms with van der Waals surface area (Å²) in [6.07, 6.45) is 0.241. The summed E-state index contributed by atoms with van der Waals surface area (Å²) in [7, 11) is 1.87. The lowest BCUT2D eigenvalue weighted by Crippen LogP contribution is -2.33. The molecule has 8 heteroatoms. The molecule has 0 aliphatic carbocycles. The molecular weight excluding hydrogens is 394 g/mol. The number of halogens is 1. The van der Waals surface area contributed by atoms with Crippen LogP contribution in [0.5, 0.6) is 0 Å². The fourth-order valence-electron chi connectivity index (χ4n) is 2.69. The molecule has 0 aliphatic heterocycles. The molecule has 0 saturated carbocycles. The first-order chi connectivity index (χ1) is 13.6. The van der Waals surface area contributed by atoms with Crippen LogP contribution in [0.3, 0.4) is 0 Å². The van der Waals surface area contributed by atoms with Crippen molar-refractivity contribution in [3.8, 4) is 17.5 Å². The molecule has 0 bridgehead atoms. The highest BCUT2D eigenvalue weighted by Crippen LogP contribution is 2.25. The van der Waals surface area contributed by atoms with Crippen molar-refractivity contribution in [2.45, 2.75) is 11.6 Å². The van der Waals surface area contributed by atoms with Crippen LogP contribution in [-0.2, 0) is 11.8 Å². The molecule has 0 N–H and O–H groups in total. The fraction of sp³-hybridized carbons (Fsp3) is 0.200. The van der Waals surface area contributed by atoms with Crippen molar-refractivity contribution in [2.75, 3.05) is 17.2 Å². The van der Waals surface area contributed by atoms with Crippen LogP contribution >= 0.6 is 23.4 Å². The van der Waals surface area contributed by atoms with Gasteiger partial charge in [0.15, 0.2) is 11.0 Å². The van der Waals surface area contributed by atoms with E-state index in [0.717, 1.165) is 11.4 Å². The molecule has 2 aromatic carbocycles. The highest BCUT2D eigenvalue weighted by atomic mass is 35.5. The number of rotatable bonds is 7. The number of hydrogen-bond acceptors (Lipinski definition) is 5. The second-order valence-electron chi connectivity index (χ2n) is 5.95. The van der Waals surface area contributed by atoms with Crippen LogP contribution in [0, 0.1) is 11.3 Å². The number of carbonyl (C=O) groups is 1. The van der Waals surface area contributed by atoms with Crippen molar-refractivity contribution >= 4 is 35.0 Å². The second kappa shape index (κ2) is 9.40. The Bertz CT molecular complexity index is 999. The van der Waals surface area contributed by atoms with E-state index in [2.05, 4.69) is 16.3 Å². The first kappa shape index (κ1) is 19.9. The Kier molecular flexibility index (Phi) is 6.69. The highest BCUT2D eigenvalue weighted by Gasteiger charge is 2.18. The number of nitriles is 1. The van der Waals surface area contributed by atoms with Gasteiger partial charge >= 0.3 is 0 Å². The Labute approximate surface area is 172 Å². The second-order valence-corrected chi connectivity index (χ2v) is 7.33. The van der Waals surface area contributed by atoms with E-state index in [1.165, 1.54) is 11.8 Å². The molecule has 0 saturated heterocycles. The lowest BCUT2D eigenvalue weighted by atomic mass is 10.2. The topological polar surface area (TPSA) is 74.8 Å². The highest BCUT2D eigenvalue weighted by molar-refractivity contribution is 7.99. The maximum absolute atomic E-state index is 12.8. The summed E-state index contributed by atoms with van der Waals surface area (Å²) in [5.41, 5.74) is 1.64. The maximum atomic E-state index is 12.8. The van der Waals surface area contributed by atoms with Gasteiger partial charge in [0, 0.05) is 29.9 Å². The SMILES string of the molecule is Cn1c(SCC(=O)N(CCC#N)c2cccc(Cl)c2)nnc1-c1ccccc1. The first-order valence-corrected chi connectivity index (χ1v) is 9.97. The number of thioether (sulfide) groups is 1. The van der Waals surface area contributed by atoms with Gasteiger partial charge in [-0.2, -0.15) is 5.26 Å². The Balaban J connectivity index is 1.73. The van der Waals surface area contributed by atoms with Crippen molar-refractivity contribution in [2.24, 2.45) is 7.05 Å². The van der Waals surface area contributed by atoms with Crippen LogP contribution in [-0.4, -0.2) is 33.0 Å². The lowest BCUT2D eigenvalue weighted by molar-refractivity contribution is -0.116. The average Bonchev–Trinajstić information content (AvgIpc) is 3.08. The number of hydrogen-bond donors (Lipinski definition) is 0. The number of carbonyl (C=O) groups excluding carboxylic acids is 1. The van der Waals surface area contributed by atoms with E-state index in [0.29, 0.717) is 22.4 Å². The minimum Gasteiger partial charge on any atom is -0.311 e. The van der Waals surface area contributed by atoms with Crippen molar-refractivity contribution in [3.63, 3.8) is 0 Å². The molecule has 3 rings (SSSR count). The molecule has 0 fully saturated rings. The molecule has 3 aromatic rings.